The molecule has 0 bridgehead atoms. The van der Waals surface area contributed by atoms with Crippen molar-refractivity contribution >= 4 is 8.19 Å². The van der Waals surface area contributed by atoms with Crippen LogP contribution in [0, 0.1) is 6.92 Å². The molecule has 48 valence electrons. The highest BCUT2D eigenvalue weighted by Crippen LogP contribution is 2.15. The molecule has 2 heteroatoms. The smallest absolute Gasteiger partial charge is 0.0671 e. The first-order chi connectivity index (χ1) is 4.33. The van der Waals surface area contributed by atoms with Crippen LogP contribution in [0.3, 0.4) is 0 Å². The Morgan fingerprint density at radius 1 is 1.67 bits per heavy atom. The van der Waals surface area contributed by atoms with E-state index in [2.05, 4.69) is 24.9 Å². The van der Waals surface area contributed by atoms with Crippen LogP contribution in [-0.4, -0.2) is 4.98 Å². The summed E-state index contributed by atoms with van der Waals surface area (Å²) in [7, 11) is 1.31. The standard InChI is InChI=1S/C7H10NP/c1-3-7-8-5-4-6(2)9-7/h4-5H,3H2,1-2H3. The minimum atomic E-state index is 1.07. The molecule has 1 rings (SSSR count). The summed E-state index contributed by atoms with van der Waals surface area (Å²) in [5.74, 6) is 0. The van der Waals surface area contributed by atoms with Gasteiger partial charge in [0.25, 0.3) is 0 Å². The third-order valence-electron chi connectivity index (χ3n) is 1.16. The largest absolute Gasteiger partial charge is 0.256 e. The van der Waals surface area contributed by atoms with Gasteiger partial charge < -0.3 is 0 Å². The van der Waals surface area contributed by atoms with E-state index < -0.39 is 0 Å². The van der Waals surface area contributed by atoms with Crippen LogP contribution in [-0.2, 0) is 6.42 Å². The lowest BCUT2D eigenvalue weighted by Gasteiger charge is -1.93. The third kappa shape index (κ3) is 1.76. The van der Waals surface area contributed by atoms with E-state index in [-0.39, 0.29) is 0 Å². The number of rotatable bonds is 1. The first kappa shape index (κ1) is 6.70. The van der Waals surface area contributed by atoms with Gasteiger partial charge >= 0.3 is 0 Å². The second-order valence-corrected chi connectivity index (χ2v) is 3.41. The van der Waals surface area contributed by atoms with Crippen LogP contribution in [0.25, 0.3) is 0 Å². The molecule has 0 aromatic carbocycles. The van der Waals surface area contributed by atoms with Crippen LogP contribution in [0.1, 0.15) is 17.6 Å². The normalized spacial score (nSPS) is 10.4. The average molecular weight is 139 g/mol. The van der Waals surface area contributed by atoms with Crippen molar-refractivity contribution < 1.29 is 0 Å². The minimum absolute atomic E-state index is 1.07. The van der Waals surface area contributed by atoms with Gasteiger partial charge in [-0.3, -0.25) is 4.98 Å². The van der Waals surface area contributed by atoms with Gasteiger partial charge in [-0.1, -0.05) is 6.92 Å². The molecule has 0 atom stereocenters. The van der Waals surface area contributed by atoms with Gasteiger partial charge in [-0.15, -0.1) is 0 Å². The van der Waals surface area contributed by atoms with E-state index in [9.17, 15) is 0 Å². The van der Waals surface area contributed by atoms with Gasteiger partial charge in [-0.25, -0.2) is 0 Å². The Labute approximate surface area is 57.2 Å². The zero-order chi connectivity index (χ0) is 6.69. The lowest BCUT2D eigenvalue weighted by molar-refractivity contribution is 1.08. The van der Waals surface area contributed by atoms with Crippen molar-refractivity contribution in [3.63, 3.8) is 0 Å². The lowest BCUT2D eigenvalue weighted by atomic mass is 10.5. The molecule has 0 radical (unpaired) electrons. The van der Waals surface area contributed by atoms with Crippen LogP contribution in [0.4, 0.5) is 0 Å². The van der Waals surface area contributed by atoms with E-state index in [4.69, 9.17) is 0 Å². The Balaban J connectivity index is 2.94. The molecule has 0 spiro atoms. The zero-order valence-electron chi connectivity index (χ0n) is 5.76. The molecule has 0 N–H and O–H groups in total. The van der Waals surface area contributed by atoms with Crippen LogP contribution < -0.4 is 0 Å². The molecular formula is C7H10NP. The number of aromatic nitrogens is 1. The van der Waals surface area contributed by atoms with E-state index in [0.717, 1.165) is 6.42 Å². The van der Waals surface area contributed by atoms with Crippen molar-refractivity contribution in [1.82, 2.24) is 4.98 Å². The van der Waals surface area contributed by atoms with Crippen molar-refractivity contribution in [3.05, 3.63) is 23.0 Å². The Morgan fingerprint density at radius 3 is 2.89 bits per heavy atom. The molecule has 0 aliphatic heterocycles. The van der Waals surface area contributed by atoms with E-state index >= 15 is 0 Å². The SMILES string of the molecule is CCc1nccc(C)p1. The van der Waals surface area contributed by atoms with Crippen LogP contribution in [0.2, 0.25) is 0 Å². The third-order valence-corrected chi connectivity index (χ3v) is 2.35. The summed E-state index contributed by atoms with van der Waals surface area (Å²) in [6.07, 6.45) is 2.95. The lowest BCUT2D eigenvalue weighted by Crippen LogP contribution is -1.79. The van der Waals surface area contributed by atoms with Gasteiger partial charge in [0, 0.05) is 6.20 Å². The number of hydrogen-bond donors (Lipinski definition) is 0. The quantitative estimate of drug-likeness (QED) is 0.582. The molecule has 9 heavy (non-hydrogen) atoms. The fraction of sp³-hybridized carbons (Fsp3) is 0.429. The summed E-state index contributed by atoms with van der Waals surface area (Å²) < 4.78 is 0. The maximum absolute atomic E-state index is 4.20. The molecule has 1 aromatic heterocycles. The Hall–Kier alpha value is -0.420. The molecule has 0 amide bonds. The second-order valence-electron chi connectivity index (χ2n) is 1.97. The van der Waals surface area contributed by atoms with E-state index in [1.807, 2.05) is 6.20 Å². The topological polar surface area (TPSA) is 12.9 Å². The van der Waals surface area contributed by atoms with Crippen molar-refractivity contribution in [2.75, 3.05) is 0 Å². The van der Waals surface area contributed by atoms with E-state index in [0.29, 0.717) is 0 Å². The molecule has 0 saturated carbocycles. The van der Waals surface area contributed by atoms with Gasteiger partial charge in [0.2, 0.25) is 0 Å². The summed E-state index contributed by atoms with van der Waals surface area (Å²) in [5, 5.41) is 1.39. The summed E-state index contributed by atoms with van der Waals surface area (Å²) in [5.41, 5.74) is 1.27. The summed E-state index contributed by atoms with van der Waals surface area (Å²) in [6, 6.07) is 2.06. The van der Waals surface area contributed by atoms with Gasteiger partial charge in [-0.05, 0) is 32.9 Å². The Kier molecular flexibility index (Phi) is 2.18. The molecule has 0 unspecified atom stereocenters. The first-order valence-electron chi connectivity index (χ1n) is 3.11. The summed E-state index contributed by atoms with van der Waals surface area (Å²) >= 11 is 0. The molecule has 0 saturated heterocycles. The van der Waals surface area contributed by atoms with E-state index in [1.165, 1.54) is 18.9 Å². The molecular weight excluding hydrogens is 129 g/mol. The summed E-state index contributed by atoms with van der Waals surface area (Å²) in [6.45, 7) is 4.26. The molecule has 1 aromatic rings. The predicted octanol–water partition coefficient (Wildman–Crippen LogP) is 2.53. The zero-order valence-corrected chi connectivity index (χ0v) is 6.65. The molecule has 1 nitrogen and oxygen atoms in total. The number of hydrogen-bond acceptors (Lipinski definition) is 1. The van der Waals surface area contributed by atoms with Crippen molar-refractivity contribution in [1.29, 1.82) is 0 Å². The first-order valence-corrected chi connectivity index (χ1v) is 4.01. The summed E-state index contributed by atoms with van der Waals surface area (Å²) in [4.78, 5) is 4.20. The molecule has 1 heterocycles. The van der Waals surface area contributed by atoms with Gasteiger partial charge in [0.05, 0.1) is 5.43 Å². The van der Waals surface area contributed by atoms with Gasteiger partial charge in [0.15, 0.2) is 0 Å². The van der Waals surface area contributed by atoms with Crippen molar-refractivity contribution in [2.45, 2.75) is 20.3 Å². The fourth-order valence-electron chi connectivity index (χ4n) is 0.671. The minimum Gasteiger partial charge on any atom is -0.256 e. The predicted molar refractivity (Wildman–Crippen MR) is 40.9 cm³/mol. The molecule has 0 fully saturated rings. The average Bonchev–Trinajstić information content (AvgIpc) is 1.88. The monoisotopic (exact) mass is 139 g/mol. The number of nitrogens with zero attached hydrogens (tertiary/aromatic N) is 1. The van der Waals surface area contributed by atoms with Crippen LogP contribution in [0.15, 0.2) is 12.3 Å². The fourth-order valence-corrected chi connectivity index (χ4v) is 1.50. The van der Waals surface area contributed by atoms with Crippen molar-refractivity contribution in [2.24, 2.45) is 0 Å². The highest BCUT2D eigenvalue weighted by molar-refractivity contribution is 7.31. The highest BCUT2D eigenvalue weighted by Gasteiger charge is 1.88. The highest BCUT2D eigenvalue weighted by atomic mass is 31.0. The van der Waals surface area contributed by atoms with Gasteiger partial charge in [0.1, 0.15) is 0 Å². The molecule has 0 aliphatic rings. The van der Waals surface area contributed by atoms with E-state index in [1.54, 1.807) is 0 Å². The Morgan fingerprint density at radius 2 is 2.44 bits per heavy atom. The Bertz CT molecular complexity index is 198. The maximum Gasteiger partial charge on any atom is 0.0671 e. The maximum atomic E-state index is 4.20. The molecule has 0 aliphatic carbocycles. The number of aryl methyl sites for hydroxylation is 2. The van der Waals surface area contributed by atoms with Crippen LogP contribution >= 0.6 is 8.19 Å². The van der Waals surface area contributed by atoms with Crippen LogP contribution in [0.5, 0.6) is 0 Å². The van der Waals surface area contributed by atoms with Gasteiger partial charge in [-0.2, -0.15) is 0 Å². The van der Waals surface area contributed by atoms with Crippen molar-refractivity contribution in [3.8, 4) is 0 Å². The second kappa shape index (κ2) is 2.93.